The molecule has 0 saturated heterocycles. The quantitative estimate of drug-likeness (QED) is 0.837. The zero-order valence-electron chi connectivity index (χ0n) is 9.53. The van der Waals surface area contributed by atoms with E-state index in [1.54, 1.807) is 11.3 Å². The van der Waals surface area contributed by atoms with Crippen LogP contribution in [0.4, 0.5) is 0 Å². The number of aryl methyl sites for hydroxylation is 2. The van der Waals surface area contributed by atoms with Gasteiger partial charge in [-0.1, -0.05) is 13.8 Å². The third-order valence-electron chi connectivity index (χ3n) is 2.62. The second kappa shape index (κ2) is 5.15. The number of halogens is 1. The van der Waals surface area contributed by atoms with Crippen LogP contribution in [0.25, 0.3) is 0 Å². The average molecular weight is 299 g/mol. The van der Waals surface area contributed by atoms with Gasteiger partial charge in [0.15, 0.2) is 0 Å². The highest BCUT2D eigenvalue weighted by molar-refractivity contribution is 9.10. The van der Waals surface area contributed by atoms with Crippen molar-refractivity contribution >= 4 is 27.3 Å². The van der Waals surface area contributed by atoms with E-state index in [2.05, 4.69) is 57.1 Å². The largest absolute Gasteiger partial charge is 0.264 e. The standard InChI is InChI=1S/C12H15BrN2S/c1-3-9-7-10(4-2)15(14-9)8-12-11(13)5-6-16-12/h5-7H,3-4,8H2,1-2H3. The lowest BCUT2D eigenvalue weighted by molar-refractivity contribution is 0.645. The molecule has 2 rings (SSSR count). The maximum Gasteiger partial charge on any atom is 0.0766 e. The van der Waals surface area contributed by atoms with E-state index in [-0.39, 0.29) is 0 Å². The fourth-order valence-electron chi connectivity index (χ4n) is 1.68. The lowest BCUT2D eigenvalue weighted by Gasteiger charge is -2.04. The number of hydrogen-bond acceptors (Lipinski definition) is 2. The Morgan fingerprint density at radius 2 is 2.19 bits per heavy atom. The Balaban J connectivity index is 2.26. The van der Waals surface area contributed by atoms with Crippen molar-refractivity contribution < 1.29 is 0 Å². The molecular formula is C12H15BrN2S. The van der Waals surface area contributed by atoms with Crippen LogP contribution in [0.3, 0.4) is 0 Å². The molecule has 86 valence electrons. The number of hydrogen-bond donors (Lipinski definition) is 0. The number of nitrogens with zero attached hydrogens (tertiary/aromatic N) is 2. The molecule has 0 saturated carbocycles. The Kier molecular flexibility index (Phi) is 3.82. The van der Waals surface area contributed by atoms with Gasteiger partial charge in [0, 0.05) is 15.0 Å². The Morgan fingerprint density at radius 1 is 1.38 bits per heavy atom. The Morgan fingerprint density at radius 3 is 2.75 bits per heavy atom. The molecule has 0 bridgehead atoms. The highest BCUT2D eigenvalue weighted by atomic mass is 79.9. The van der Waals surface area contributed by atoms with Crippen LogP contribution in [-0.2, 0) is 19.4 Å². The molecule has 0 aliphatic carbocycles. The predicted molar refractivity (Wildman–Crippen MR) is 72.1 cm³/mol. The van der Waals surface area contributed by atoms with Gasteiger partial charge in [-0.2, -0.15) is 5.10 Å². The van der Waals surface area contributed by atoms with E-state index in [0.717, 1.165) is 19.4 Å². The van der Waals surface area contributed by atoms with Gasteiger partial charge < -0.3 is 0 Å². The minimum absolute atomic E-state index is 0.876. The third-order valence-corrected chi connectivity index (χ3v) is 4.53. The average Bonchev–Trinajstić information content (AvgIpc) is 2.86. The molecule has 2 nitrogen and oxygen atoms in total. The maximum atomic E-state index is 4.62. The van der Waals surface area contributed by atoms with Gasteiger partial charge in [0.05, 0.1) is 12.2 Å². The lowest BCUT2D eigenvalue weighted by atomic mass is 10.2. The summed E-state index contributed by atoms with van der Waals surface area (Å²) in [6.07, 6.45) is 2.04. The first kappa shape index (κ1) is 11.9. The van der Waals surface area contributed by atoms with Crippen LogP contribution in [-0.4, -0.2) is 9.78 Å². The van der Waals surface area contributed by atoms with Gasteiger partial charge in [-0.3, -0.25) is 4.68 Å². The highest BCUT2D eigenvalue weighted by Crippen LogP contribution is 2.24. The van der Waals surface area contributed by atoms with E-state index in [4.69, 9.17) is 0 Å². The summed E-state index contributed by atoms with van der Waals surface area (Å²) >= 11 is 5.34. The first-order chi connectivity index (χ1) is 7.74. The van der Waals surface area contributed by atoms with Crippen LogP contribution in [0.15, 0.2) is 22.0 Å². The van der Waals surface area contributed by atoms with Crippen LogP contribution in [0.2, 0.25) is 0 Å². The Bertz CT molecular complexity index is 473. The molecule has 2 aromatic heterocycles. The SMILES string of the molecule is CCc1cc(CC)n(Cc2sccc2Br)n1. The Labute approximate surface area is 108 Å². The third kappa shape index (κ3) is 2.38. The summed E-state index contributed by atoms with van der Waals surface area (Å²) in [6, 6.07) is 4.30. The molecule has 2 aromatic rings. The van der Waals surface area contributed by atoms with E-state index in [1.165, 1.54) is 20.7 Å². The Hall–Kier alpha value is -0.610. The van der Waals surface area contributed by atoms with Gasteiger partial charge >= 0.3 is 0 Å². The maximum absolute atomic E-state index is 4.62. The normalized spacial score (nSPS) is 10.9. The summed E-state index contributed by atoms with van der Waals surface area (Å²) in [5.41, 5.74) is 2.50. The van der Waals surface area contributed by atoms with Crippen LogP contribution in [0, 0.1) is 0 Å². The molecule has 2 heterocycles. The molecule has 4 heteroatoms. The molecular weight excluding hydrogens is 284 g/mol. The van der Waals surface area contributed by atoms with Crippen molar-refractivity contribution in [3.05, 3.63) is 38.3 Å². The topological polar surface area (TPSA) is 17.8 Å². The summed E-state index contributed by atoms with van der Waals surface area (Å²) in [6.45, 7) is 5.20. The molecule has 0 aliphatic heterocycles. The molecule has 16 heavy (non-hydrogen) atoms. The van der Waals surface area contributed by atoms with Crippen molar-refractivity contribution in [3.63, 3.8) is 0 Å². The van der Waals surface area contributed by atoms with Crippen LogP contribution >= 0.6 is 27.3 Å². The summed E-state index contributed by atoms with van der Waals surface area (Å²) in [4.78, 5) is 1.33. The van der Waals surface area contributed by atoms with Crippen molar-refractivity contribution in [2.45, 2.75) is 33.2 Å². The van der Waals surface area contributed by atoms with Gasteiger partial charge in [-0.25, -0.2) is 0 Å². The fraction of sp³-hybridized carbons (Fsp3) is 0.417. The minimum Gasteiger partial charge on any atom is -0.264 e. The number of aromatic nitrogens is 2. The number of thiophene rings is 1. The molecule has 0 unspecified atom stereocenters. The van der Waals surface area contributed by atoms with Crippen LogP contribution in [0.1, 0.15) is 30.1 Å². The second-order valence-electron chi connectivity index (χ2n) is 3.68. The summed E-state index contributed by atoms with van der Waals surface area (Å²) < 4.78 is 3.31. The van der Waals surface area contributed by atoms with Gasteiger partial charge in [0.1, 0.15) is 0 Å². The monoisotopic (exact) mass is 298 g/mol. The molecule has 0 amide bonds. The van der Waals surface area contributed by atoms with Crippen molar-refractivity contribution in [3.8, 4) is 0 Å². The molecule has 0 atom stereocenters. The van der Waals surface area contributed by atoms with Gasteiger partial charge in [-0.15, -0.1) is 11.3 Å². The van der Waals surface area contributed by atoms with Crippen LogP contribution < -0.4 is 0 Å². The van der Waals surface area contributed by atoms with Crippen molar-refractivity contribution in [1.29, 1.82) is 0 Å². The summed E-state index contributed by atoms with van der Waals surface area (Å²) in [5, 5.41) is 6.72. The van der Waals surface area contributed by atoms with E-state index in [9.17, 15) is 0 Å². The summed E-state index contributed by atoms with van der Waals surface area (Å²) in [5.74, 6) is 0. The van der Waals surface area contributed by atoms with Crippen molar-refractivity contribution in [2.24, 2.45) is 0 Å². The highest BCUT2D eigenvalue weighted by Gasteiger charge is 2.08. The van der Waals surface area contributed by atoms with Crippen molar-refractivity contribution in [1.82, 2.24) is 9.78 Å². The molecule has 0 fully saturated rings. The van der Waals surface area contributed by atoms with E-state index < -0.39 is 0 Å². The van der Waals surface area contributed by atoms with E-state index in [0.29, 0.717) is 0 Å². The molecule has 0 aliphatic rings. The smallest absolute Gasteiger partial charge is 0.0766 e. The zero-order chi connectivity index (χ0) is 11.5. The van der Waals surface area contributed by atoms with Crippen molar-refractivity contribution in [2.75, 3.05) is 0 Å². The summed E-state index contributed by atoms with van der Waals surface area (Å²) in [7, 11) is 0. The van der Waals surface area contributed by atoms with Gasteiger partial charge in [0.25, 0.3) is 0 Å². The lowest BCUT2D eigenvalue weighted by Crippen LogP contribution is -2.05. The molecule has 0 spiro atoms. The first-order valence-corrected chi connectivity index (χ1v) is 7.19. The fourth-order valence-corrected chi connectivity index (χ4v) is 3.14. The second-order valence-corrected chi connectivity index (χ2v) is 5.54. The molecule has 0 aromatic carbocycles. The van der Waals surface area contributed by atoms with Crippen LogP contribution in [0.5, 0.6) is 0 Å². The van der Waals surface area contributed by atoms with E-state index in [1.807, 2.05) is 0 Å². The number of rotatable bonds is 4. The zero-order valence-corrected chi connectivity index (χ0v) is 11.9. The molecule has 0 radical (unpaired) electrons. The van der Waals surface area contributed by atoms with Gasteiger partial charge in [0.2, 0.25) is 0 Å². The van der Waals surface area contributed by atoms with Gasteiger partial charge in [-0.05, 0) is 46.3 Å². The first-order valence-electron chi connectivity index (χ1n) is 5.52. The predicted octanol–water partition coefficient (Wildman–Crippen LogP) is 3.88. The van der Waals surface area contributed by atoms with E-state index >= 15 is 0 Å². The minimum atomic E-state index is 0.876. The molecule has 0 N–H and O–H groups in total.